The highest BCUT2D eigenvalue weighted by Gasteiger charge is 2.20. The number of ketones is 1. The number of nitro groups is 1. The van der Waals surface area contributed by atoms with E-state index in [0.717, 1.165) is 4.90 Å². The van der Waals surface area contributed by atoms with Crippen LogP contribution in [0.5, 0.6) is 0 Å². The summed E-state index contributed by atoms with van der Waals surface area (Å²) < 4.78 is 0. The molecule has 0 bridgehead atoms. The molecule has 0 unspecified atom stereocenters. The van der Waals surface area contributed by atoms with Crippen LogP contribution in [0.3, 0.4) is 0 Å². The van der Waals surface area contributed by atoms with E-state index in [0.29, 0.717) is 4.90 Å². The number of hydrogen-bond donors (Lipinski definition) is 0. The second-order valence-corrected chi connectivity index (χ2v) is 6.63. The molecule has 0 saturated heterocycles. The zero-order valence-electron chi connectivity index (χ0n) is 13.8. The Labute approximate surface area is 158 Å². The van der Waals surface area contributed by atoms with Crippen LogP contribution in [0.25, 0.3) is 0 Å². The lowest BCUT2D eigenvalue weighted by Crippen LogP contribution is -2.25. The number of carboxylic acid groups (broad SMARTS) is 1. The molecule has 0 saturated carbocycles. The van der Waals surface area contributed by atoms with Gasteiger partial charge in [0.25, 0.3) is 5.69 Å². The molecule has 0 fully saturated rings. The number of hydrogen-bond acceptors (Lipinski definition) is 6. The number of nitro benzene ring substituents is 1. The van der Waals surface area contributed by atoms with Crippen molar-refractivity contribution in [3.05, 3.63) is 99.6 Å². The Balaban J connectivity index is 2.01. The van der Waals surface area contributed by atoms with Crippen molar-refractivity contribution in [1.29, 1.82) is 0 Å². The summed E-state index contributed by atoms with van der Waals surface area (Å²) in [6, 6.07) is 18.9. The molecule has 0 heterocycles. The SMILES string of the molecule is O=C([O-])c1ccccc1C(=O)c1ccc(Sc2ccccc2)c([N+](=O)[O-])c1. The first-order valence-corrected chi connectivity index (χ1v) is 8.65. The van der Waals surface area contributed by atoms with Crippen LogP contribution in [0.1, 0.15) is 26.3 Å². The van der Waals surface area contributed by atoms with Gasteiger partial charge in [0.05, 0.1) is 15.8 Å². The van der Waals surface area contributed by atoms with E-state index >= 15 is 0 Å². The van der Waals surface area contributed by atoms with E-state index in [1.165, 1.54) is 54.2 Å². The molecule has 0 spiro atoms. The molecule has 0 aromatic heterocycles. The quantitative estimate of drug-likeness (QED) is 0.370. The fraction of sp³-hybridized carbons (Fsp3) is 0. The van der Waals surface area contributed by atoms with Crippen LogP contribution in [0.2, 0.25) is 0 Å². The topological polar surface area (TPSA) is 100 Å². The number of rotatable bonds is 6. The van der Waals surface area contributed by atoms with Gasteiger partial charge >= 0.3 is 0 Å². The van der Waals surface area contributed by atoms with Gasteiger partial charge in [0, 0.05) is 27.7 Å². The fourth-order valence-electron chi connectivity index (χ4n) is 2.52. The summed E-state index contributed by atoms with van der Waals surface area (Å²) in [5.74, 6) is -2.10. The Bertz CT molecular complexity index is 1030. The zero-order valence-corrected chi connectivity index (χ0v) is 14.6. The molecule has 0 aliphatic rings. The molecule has 0 atom stereocenters. The summed E-state index contributed by atoms with van der Waals surface area (Å²) in [5, 5.41) is 22.7. The van der Waals surface area contributed by atoms with Crippen molar-refractivity contribution < 1.29 is 19.6 Å². The molecule has 0 aliphatic carbocycles. The van der Waals surface area contributed by atoms with Gasteiger partial charge in [0.15, 0.2) is 5.78 Å². The molecule has 0 radical (unpaired) electrons. The lowest BCUT2D eigenvalue weighted by Gasteiger charge is -2.10. The van der Waals surface area contributed by atoms with E-state index < -0.39 is 16.7 Å². The van der Waals surface area contributed by atoms with E-state index in [-0.39, 0.29) is 22.4 Å². The van der Waals surface area contributed by atoms with Crippen LogP contribution >= 0.6 is 11.8 Å². The first kappa shape index (κ1) is 18.3. The normalized spacial score (nSPS) is 10.4. The molecule has 134 valence electrons. The molecule has 3 aromatic rings. The van der Waals surface area contributed by atoms with E-state index in [1.54, 1.807) is 0 Å². The van der Waals surface area contributed by atoms with E-state index in [4.69, 9.17) is 0 Å². The summed E-state index contributed by atoms with van der Waals surface area (Å²) in [4.78, 5) is 36.0. The molecule has 0 aliphatic heterocycles. The molecule has 0 amide bonds. The third-order valence-corrected chi connectivity index (χ3v) is 4.85. The molecule has 3 aromatic carbocycles. The van der Waals surface area contributed by atoms with Crippen LogP contribution in [0, 0.1) is 10.1 Å². The first-order valence-electron chi connectivity index (χ1n) is 7.84. The molecule has 0 N–H and O–H groups in total. The Morgan fingerprint density at radius 1 is 0.852 bits per heavy atom. The number of benzene rings is 3. The van der Waals surface area contributed by atoms with Crippen molar-refractivity contribution in [3.8, 4) is 0 Å². The van der Waals surface area contributed by atoms with E-state index in [1.807, 2.05) is 30.3 Å². The summed E-state index contributed by atoms with van der Waals surface area (Å²) in [6.45, 7) is 0. The summed E-state index contributed by atoms with van der Waals surface area (Å²) in [7, 11) is 0. The molecule has 6 nitrogen and oxygen atoms in total. The highest BCUT2D eigenvalue weighted by Crippen LogP contribution is 2.35. The first-order chi connectivity index (χ1) is 13.0. The second-order valence-electron chi connectivity index (χ2n) is 5.52. The van der Waals surface area contributed by atoms with Crippen molar-refractivity contribution in [2.24, 2.45) is 0 Å². The average molecular weight is 378 g/mol. The van der Waals surface area contributed by atoms with Gasteiger partial charge in [-0.3, -0.25) is 14.9 Å². The molecular formula is C20H12NO5S-. The van der Waals surface area contributed by atoms with Crippen LogP contribution in [0.15, 0.2) is 82.6 Å². The minimum Gasteiger partial charge on any atom is -0.545 e. The highest BCUT2D eigenvalue weighted by molar-refractivity contribution is 7.99. The fourth-order valence-corrected chi connectivity index (χ4v) is 3.44. The number of carbonyl (C=O) groups is 2. The highest BCUT2D eigenvalue weighted by atomic mass is 32.2. The van der Waals surface area contributed by atoms with Gasteiger partial charge in [-0.25, -0.2) is 0 Å². The Morgan fingerprint density at radius 3 is 2.11 bits per heavy atom. The molecule has 7 heteroatoms. The predicted molar refractivity (Wildman–Crippen MR) is 97.9 cm³/mol. The Hall–Kier alpha value is -3.45. The van der Waals surface area contributed by atoms with Crippen LogP contribution < -0.4 is 5.11 Å². The monoisotopic (exact) mass is 378 g/mol. The predicted octanol–water partition coefficient (Wildman–Crippen LogP) is 3.34. The Morgan fingerprint density at radius 2 is 1.48 bits per heavy atom. The average Bonchev–Trinajstić information content (AvgIpc) is 2.68. The summed E-state index contributed by atoms with van der Waals surface area (Å²) in [5.41, 5.74) is -0.517. The van der Waals surface area contributed by atoms with Crippen molar-refractivity contribution >= 4 is 29.2 Å². The maximum absolute atomic E-state index is 12.7. The standard InChI is InChI=1S/C20H13NO5S/c22-19(15-8-4-5-9-16(15)20(23)24)13-10-11-18(17(12-13)21(25)26)27-14-6-2-1-3-7-14/h1-12H,(H,23,24)/p-1. The Kier molecular flexibility index (Phi) is 5.33. The van der Waals surface area contributed by atoms with Gasteiger partial charge in [0.2, 0.25) is 0 Å². The van der Waals surface area contributed by atoms with Gasteiger partial charge in [-0.2, -0.15) is 0 Å². The smallest absolute Gasteiger partial charge is 0.283 e. The lowest BCUT2D eigenvalue weighted by molar-refractivity contribution is -0.387. The van der Waals surface area contributed by atoms with E-state index in [9.17, 15) is 24.8 Å². The minimum atomic E-state index is -1.48. The third-order valence-electron chi connectivity index (χ3n) is 3.78. The van der Waals surface area contributed by atoms with Crippen molar-refractivity contribution in [1.82, 2.24) is 0 Å². The van der Waals surface area contributed by atoms with Crippen molar-refractivity contribution in [2.75, 3.05) is 0 Å². The largest absolute Gasteiger partial charge is 0.545 e. The maximum Gasteiger partial charge on any atom is 0.283 e. The van der Waals surface area contributed by atoms with Crippen molar-refractivity contribution in [2.45, 2.75) is 9.79 Å². The molecule has 27 heavy (non-hydrogen) atoms. The maximum atomic E-state index is 12.7. The zero-order chi connectivity index (χ0) is 19.4. The van der Waals surface area contributed by atoms with Crippen molar-refractivity contribution in [3.63, 3.8) is 0 Å². The van der Waals surface area contributed by atoms with Gasteiger partial charge in [0.1, 0.15) is 0 Å². The van der Waals surface area contributed by atoms with Gasteiger partial charge in [-0.05, 0) is 24.3 Å². The summed E-state index contributed by atoms with van der Waals surface area (Å²) >= 11 is 1.21. The second kappa shape index (κ2) is 7.84. The third kappa shape index (κ3) is 4.04. The van der Waals surface area contributed by atoms with Crippen LogP contribution in [-0.2, 0) is 0 Å². The number of nitrogens with zero attached hydrogens (tertiary/aromatic N) is 1. The van der Waals surface area contributed by atoms with Gasteiger partial charge in [-0.15, -0.1) is 0 Å². The summed E-state index contributed by atoms with van der Waals surface area (Å²) in [6.07, 6.45) is 0. The van der Waals surface area contributed by atoms with Gasteiger partial charge in [-0.1, -0.05) is 54.2 Å². The number of carbonyl (C=O) groups excluding carboxylic acids is 2. The van der Waals surface area contributed by atoms with Gasteiger partial charge < -0.3 is 9.90 Å². The van der Waals surface area contributed by atoms with Crippen LogP contribution in [0.4, 0.5) is 5.69 Å². The lowest BCUT2D eigenvalue weighted by atomic mass is 9.98. The minimum absolute atomic E-state index is 0.0350. The molecular weight excluding hydrogens is 366 g/mol. The molecule has 3 rings (SSSR count). The van der Waals surface area contributed by atoms with E-state index in [2.05, 4.69) is 0 Å². The number of carboxylic acids is 1. The van der Waals surface area contributed by atoms with Crippen LogP contribution in [-0.4, -0.2) is 16.7 Å². The number of aromatic carboxylic acids is 1.